The lowest BCUT2D eigenvalue weighted by molar-refractivity contribution is 0.0956. The first-order chi connectivity index (χ1) is 15.3. The number of pyridine rings is 1. The van der Waals surface area contributed by atoms with Crippen LogP contribution in [0.3, 0.4) is 0 Å². The number of hydrogen-bond donors (Lipinski definition) is 1. The van der Waals surface area contributed by atoms with E-state index < -0.39 is 0 Å². The minimum absolute atomic E-state index is 0.326. The maximum Gasteiger partial charge on any atom is 0.272 e. The fraction of sp³-hybridized carbons (Fsp3) is 0.115. The summed E-state index contributed by atoms with van der Waals surface area (Å²) in [7, 11) is 0. The van der Waals surface area contributed by atoms with Gasteiger partial charge < -0.3 is 0 Å². The van der Waals surface area contributed by atoms with E-state index in [1.54, 1.807) is 25.1 Å². The number of carbonyl (C=O) groups excluding carboxylic acids is 1. The second-order valence-electron chi connectivity index (χ2n) is 7.65. The van der Waals surface area contributed by atoms with E-state index in [-0.39, 0.29) is 5.91 Å². The minimum Gasteiger partial charge on any atom is -0.267 e. The lowest BCUT2D eigenvalue weighted by atomic mass is 9.99. The topological polar surface area (TPSA) is 54.4 Å². The van der Waals surface area contributed by atoms with Gasteiger partial charge in [0.15, 0.2) is 0 Å². The Balaban J connectivity index is 1.75. The van der Waals surface area contributed by atoms with Crippen molar-refractivity contribution < 1.29 is 4.79 Å². The first-order valence-electron chi connectivity index (χ1n) is 10.1. The molecule has 160 valence electrons. The van der Waals surface area contributed by atoms with Gasteiger partial charge in [0.2, 0.25) is 0 Å². The quantitative estimate of drug-likeness (QED) is 0.263. The van der Waals surface area contributed by atoms with Crippen LogP contribution in [-0.4, -0.2) is 16.6 Å². The van der Waals surface area contributed by atoms with Gasteiger partial charge >= 0.3 is 0 Å². The van der Waals surface area contributed by atoms with E-state index in [0.29, 0.717) is 26.9 Å². The number of rotatable bonds is 4. The molecule has 3 aromatic carbocycles. The van der Waals surface area contributed by atoms with Crippen LogP contribution >= 0.6 is 23.2 Å². The van der Waals surface area contributed by atoms with Gasteiger partial charge in [-0.15, -0.1) is 0 Å². The van der Waals surface area contributed by atoms with Gasteiger partial charge in [0.05, 0.1) is 22.5 Å². The van der Waals surface area contributed by atoms with E-state index in [1.165, 1.54) is 0 Å². The van der Waals surface area contributed by atoms with Gasteiger partial charge in [-0.1, -0.05) is 59.1 Å². The third kappa shape index (κ3) is 4.52. The van der Waals surface area contributed by atoms with Gasteiger partial charge in [-0.3, -0.25) is 4.79 Å². The predicted octanol–water partition coefficient (Wildman–Crippen LogP) is 6.98. The number of hydrogen-bond acceptors (Lipinski definition) is 3. The van der Waals surface area contributed by atoms with Crippen molar-refractivity contribution in [3.63, 3.8) is 0 Å². The summed E-state index contributed by atoms with van der Waals surface area (Å²) in [6.07, 6.45) is 0. The Morgan fingerprint density at radius 3 is 2.53 bits per heavy atom. The van der Waals surface area contributed by atoms with Crippen LogP contribution in [0.1, 0.15) is 34.0 Å². The van der Waals surface area contributed by atoms with Crippen molar-refractivity contribution in [3.8, 4) is 11.3 Å². The highest BCUT2D eigenvalue weighted by Gasteiger charge is 2.15. The van der Waals surface area contributed by atoms with Crippen LogP contribution in [0.4, 0.5) is 0 Å². The first kappa shape index (κ1) is 22.0. The molecule has 0 aliphatic rings. The van der Waals surface area contributed by atoms with E-state index in [0.717, 1.165) is 33.3 Å². The number of aryl methyl sites for hydroxylation is 2. The van der Waals surface area contributed by atoms with Gasteiger partial charge in [0.25, 0.3) is 5.91 Å². The van der Waals surface area contributed by atoms with Crippen LogP contribution in [0.25, 0.3) is 22.2 Å². The van der Waals surface area contributed by atoms with Gasteiger partial charge in [0.1, 0.15) is 0 Å². The molecule has 0 aliphatic carbocycles. The minimum atomic E-state index is -0.326. The van der Waals surface area contributed by atoms with E-state index >= 15 is 0 Å². The number of carbonyl (C=O) groups is 1. The molecule has 0 atom stereocenters. The normalized spacial score (nSPS) is 11.6. The van der Waals surface area contributed by atoms with Crippen LogP contribution in [0.15, 0.2) is 71.8 Å². The fourth-order valence-corrected chi connectivity index (χ4v) is 3.97. The third-order valence-corrected chi connectivity index (χ3v) is 5.84. The zero-order valence-corrected chi connectivity index (χ0v) is 19.4. The second kappa shape index (κ2) is 9.11. The molecule has 4 nitrogen and oxygen atoms in total. The predicted molar refractivity (Wildman–Crippen MR) is 133 cm³/mol. The van der Waals surface area contributed by atoms with Crippen LogP contribution in [0.5, 0.6) is 0 Å². The number of aromatic nitrogens is 1. The number of hydrazone groups is 1. The highest BCUT2D eigenvalue weighted by atomic mass is 35.5. The molecule has 6 heteroatoms. The van der Waals surface area contributed by atoms with Crippen molar-refractivity contribution in [2.45, 2.75) is 20.8 Å². The fourth-order valence-electron chi connectivity index (χ4n) is 3.54. The average Bonchev–Trinajstić information content (AvgIpc) is 2.79. The largest absolute Gasteiger partial charge is 0.272 e. The molecule has 4 aromatic rings. The summed E-state index contributed by atoms with van der Waals surface area (Å²) in [5.74, 6) is -0.326. The molecule has 0 radical (unpaired) electrons. The van der Waals surface area contributed by atoms with E-state index in [9.17, 15) is 4.79 Å². The van der Waals surface area contributed by atoms with Crippen LogP contribution < -0.4 is 5.43 Å². The molecule has 1 heterocycles. The molecule has 0 spiro atoms. The van der Waals surface area contributed by atoms with E-state index in [4.69, 9.17) is 28.2 Å². The maximum absolute atomic E-state index is 13.2. The molecule has 0 fully saturated rings. The summed E-state index contributed by atoms with van der Waals surface area (Å²) >= 11 is 12.3. The zero-order valence-electron chi connectivity index (χ0n) is 17.9. The first-order valence-corrected chi connectivity index (χ1v) is 10.9. The molecule has 1 amide bonds. The molecule has 0 saturated carbocycles. The Labute approximate surface area is 196 Å². The number of para-hydroxylation sites is 1. The highest BCUT2D eigenvalue weighted by molar-refractivity contribution is 6.36. The van der Waals surface area contributed by atoms with Gasteiger partial charge in [-0.25, -0.2) is 10.4 Å². The molecule has 0 aliphatic heterocycles. The van der Waals surface area contributed by atoms with Gasteiger partial charge in [-0.05, 0) is 62.7 Å². The Morgan fingerprint density at radius 2 is 1.72 bits per heavy atom. The summed E-state index contributed by atoms with van der Waals surface area (Å²) in [5, 5.41) is 6.08. The Hall–Kier alpha value is -3.21. The summed E-state index contributed by atoms with van der Waals surface area (Å²) in [4.78, 5) is 18.0. The Morgan fingerprint density at radius 1 is 0.938 bits per heavy atom. The van der Waals surface area contributed by atoms with Crippen molar-refractivity contribution in [3.05, 3.63) is 99.0 Å². The molecule has 4 rings (SSSR count). The monoisotopic (exact) mass is 461 g/mol. The van der Waals surface area contributed by atoms with Crippen molar-refractivity contribution in [1.29, 1.82) is 0 Å². The summed E-state index contributed by atoms with van der Waals surface area (Å²) in [6, 6.07) is 20.7. The number of halogens is 2. The molecule has 1 aromatic heterocycles. The molecular formula is C26H21Cl2N3O. The van der Waals surface area contributed by atoms with Gasteiger partial charge in [-0.2, -0.15) is 5.10 Å². The van der Waals surface area contributed by atoms with E-state index in [1.807, 2.05) is 44.2 Å². The molecule has 0 saturated heterocycles. The van der Waals surface area contributed by atoms with Crippen LogP contribution in [0.2, 0.25) is 10.0 Å². The Bertz CT molecular complexity index is 1380. The Kier molecular flexibility index (Phi) is 6.26. The highest BCUT2D eigenvalue weighted by Crippen LogP contribution is 2.28. The molecular weight excluding hydrogens is 441 g/mol. The average molecular weight is 462 g/mol. The second-order valence-corrected chi connectivity index (χ2v) is 8.50. The van der Waals surface area contributed by atoms with E-state index in [2.05, 4.69) is 28.7 Å². The number of benzene rings is 3. The standard InChI is InChI=1S/C26H21Cl2N3O/c1-15-8-9-16(2)20(12-15)25-14-22(19-6-4-5-7-24(19)29-25)26(32)31-30-17(3)21-13-18(27)10-11-23(21)28/h4-14H,1-3H3,(H,31,32)/b30-17+. The van der Waals surface area contributed by atoms with Gasteiger partial charge in [0, 0.05) is 26.6 Å². The van der Waals surface area contributed by atoms with Crippen molar-refractivity contribution in [1.82, 2.24) is 10.4 Å². The molecule has 0 unspecified atom stereocenters. The smallest absolute Gasteiger partial charge is 0.267 e. The maximum atomic E-state index is 13.2. The SMILES string of the molecule is C/C(=N\NC(=O)c1cc(-c2cc(C)ccc2C)nc2ccccc12)c1cc(Cl)ccc1Cl. The third-order valence-electron chi connectivity index (χ3n) is 5.27. The van der Waals surface area contributed by atoms with Crippen molar-refractivity contribution in [2.24, 2.45) is 5.10 Å². The van der Waals surface area contributed by atoms with Crippen LogP contribution in [-0.2, 0) is 0 Å². The van der Waals surface area contributed by atoms with Crippen LogP contribution in [0, 0.1) is 13.8 Å². The summed E-state index contributed by atoms with van der Waals surface area (Å²) < 4.78 is 0. The summed E-state index contributed by atoms with van der Waals surface area (Å²) in [6.45, 7) is 5.84. The zero-order chi connectivity index (χ0) is 22.8. The van der Waals surface area contributed by atoms with Crippen molar-refractivity contribution in [2.75, 3.05) is 0 Å². The van der Waals surface area contributed by atoms with Crippen molar-refractivity contribution >= 4 is 45.7 Å². The number of amides is 1. The molecule has 1 N–H and O–H groups in total. The molecule has 0 bridgehead atoms. The number of nitrogens with zero attached hydrogens (tertiary/aromatic N) is 2. The summed E-state index contributed by atoms with van der Waals surface area (Å²) in [5.41, 5.74) is 9.08. The lowest BCUT2D eigenvalue weighted by Gasteiger charge is -2.12. The number of nitrogens with one attached hydrogen (secondary N) is 1. The number of fused-ring (bicyclic) bond motifs is 1. The lowest BCUT2D eigenvalue weighted by Crippen LogP contribution is -2.20. The molecule has 32 heavy (non-hydrogen) atoms.